The van der Waals surface area contributed by atoms with Gasteiger partial charge in [-0.05, 0) is 35.8 Å². The molecule has 0 bridgehead atoms. The Morgan fingerprint density at radius 2 is 2.03 bits per heavy atom. The summed E-state index contributed by atoms with van der Waals surface area (Å²) in [6, 6.07) is 8.13. The molecule has 2 heterocycles. The average molecular weight is 425 g/mol. The second kappa shape index (κ2) is 10.5. The summed E-state index contributed by atoms with van der Waals surface area (Å²) < 4.78 is 7.61. The molecule has 1 amide bonds. The van der Waals surface area contributed by atoms with Crippen LogP contribution in [-0.4, -0.2) is 56.2 Å². The zero-order chi connectivity index (χ0) is 21.5. The highest BCUT2D eigenvalue weighted by atomic mass is 16.5. The van der Waals surface area contributed by atoms with Gasteiger partial charge in [-0.15, -0.1) is 5.10 Å². The Kier molecular flexibility index (Phi) is 7.30. The van der Waals surface area contributed by atoms with Crippen LogP contribution in [0.15, 0.2) is 43.2 Å². The first-order valence-electron chi connectivity index (χ1n) is 11.3. The number of para-hydroxylation sites is 1. The fraction of sp³-hybridized carbons (Fsp3) is 0.565. The summed E-state index contributed by atoms with van der Waals surface area (Å²) in [5.74, 6) is 0.947. The molecule has 1 N–H and O–H groups in total. The number of hydrogen-bond donors (Lipinski definition) is 1. The number of benzene rings is 1. The van der Waals surface area contributed by atoms with Gasteiger partial charge < -0.3 is 10.1 Å². The van der Waals surface area contributed by atoms with E-state index in [-0.39, 0.29) is 24.0 Å². The summed E-state index contributed by atoms with van der Waals surface area (Å²) in [6.07, 6.45) is 11.1. The van der Waals surface area contributed by atoms with E-state index in [2.05, 4.69) is 38.4 Å². The molecule has 8 heteroatoms. The van der Waals surface area contributed by atoms with Crippen molar-refractivity contribution >= 4 is 5.91 Å². The zero-order valence-electron chi connectivity index (χ0n) is 18.0. The highest BCUT2D eigenvalue weighted by Crippen LogP contribution is 2.31. The molecule has 1 aliphatic carbocycles. The van der Waals surface area contributed by atoms with Crippen LogP contribution in [0, 0.1) is 0 Å². The Labute approximate surface area is 183 Å². The van der Waals surface area contributed by atoms with Gasteiger partial charge in [0.05, 0.1) is 12.1 Å². The van der Waals surface area contributed by atoms with Crippen molar-refractivity contribution in [1.29, 1.82) is 0 Å². The number of aromatic nitrogens is 4. The number of amides is 1. The Morgan fingerprint density at radius 3 is 2.77 bits per heavy atom. The lowest BCUT2D eigenvalue weighted by Crippen LogP contribution is -2.46. The van der Waals surface area contributed by atoms with Crippen molar-refractivity contribution in [3.63, 3.8) is 0 Å². The molecule has 2 atom stereocenters. The highest BCUT2D eigenvalue weighted by molar-refractivity contribution is 5.82. The lowest BCUT2D eigenvalue weighted by Gasteiger charge is -2.26. The van der Waals surface area contributed by atoms with E-state index in [1.54, 1.807) is 17.1 Å². The van der Waals surface area contributed by atoms with E-state index >= 15 is 0 Å². The Hall–Kier alpha value is -2.74. The summed E-state index contributed by atoms with van der Waals surface area (Å²) in [6.45, 7) is 5.53. The molecule has 1 aliphatic heterocycles. The number of hydrogen-bond acceptors (Lipinski definition) is 6. The molecule has 8 nitrogen and oxygen atoms in total. The molecule has 2 fully saturated rings. The van der Waals surface area contributed by atoms with Crippen LogP contribution in [0.2, 0.25) is 0 Å². The number of carbonyl (C=O) groups is 1. The molecular weight excluding hydrogens is 392 g/mol. The van der Waals surface area contributed by atoms with Gasteiger partial charge >= 0.3 is 0 Å². The molecule has 2 aliphatic rings. The molecule has 166 valence electrons. The van der Waals surface area contributed by atoms with Crippen LogP contribution in [-0.2, 0) is 11.3 Å². The molecular formula is C23H32N6O2. The summed E-state index contributed by atoms with van der Waals surface area (Å²) >= 11 is 0. The molecule has 1 aromatic heterocycles. The normalized spacial score (nSPS) is 22.7. The van der Waals surface area contributed by atoms with Crippen LogP contribution in [0.5, 0.6) is 5.75 Å². The molecule has 0 spiro atoms. The van der Waals surface area contributed by atoms with Gasteiger partial charge in [-0.3, -0.25) is 9.69 Å². The fourth-order valence-corrected chi connectivity index (χ4v) is 4.72. The van der Waals surface area contributed by atoms with Gasteiger partial charge in [0, 0.05) is 24.7 Å². The number of rotatable bonds is 8. The summed E-state index contributed by atoms with van der Waals surface area (Å²) in [5, 5.41) is 15.0. The minimum atomic E-state index is -0.218. The first-order valence-corrected chi connectivity index (χ1v) is 11.3. The summed E-state index contributed by atoms with van der Waals surface area (Å²) in [5.41, 5.74) is 1.06. The van der Waals surface area contributed by atoms with Gasteiger partial charge in [0.25, 0.3) is 0 Å². The minimum absolute atomic E-state index is 0.0705. The number of nitrogens with zero attached hydrogens (tertiary/aromatic N) is 5. The lowest BCUT2D eigenvalue weighted by molar-refractivity contribution is -0.126. The van der Waals surface area contributed by atoms with Crippen molar-refractivity contribution in [2.45, 2.75) is 69.6 Å². The first-order chi connectivity index (χ1) is 15.2. The number of likely N-dealkylation sites (tertiary alicyclic amines) is 1. The third kappa shape index (κ3) is 5.50. The molecule has 4 rings (SSSR count). The maximum Gasteiger partial charge on any atom is 0.237 e. The van der Waals surface area contributed by atoms with E-state index in [1.165, 1.54) is 25.7 Å². The van der Waals surface area contributed by atoms with Gasteiger partial charge in [-0.25, -0.2) is 4.68 Å². The second-order valence-electron chi connectivity index (χ2n) is 8.53. The number of tetrazole rings is 1. The fourth-order valence-electron chi connectivity index (χ4n) is 4.72. The molecule has 1 saturated heterocycles. The molecule has 1 aromatic carbocycles. The largest absolute Gasteiger partial charge is 0.489 e. The predicted molar refractivity (Wildman–Crippen MR) is 117 cm³/mol. The van der Waals surface area contributed by atoms with E-state index in [1.807, 2.05) is 18.2 Å². The van der Waals surface area contributed by atoms with E-state index in [0.29, 0.717) is 26.1 Å². The third-order valence-electron chi connectivity index (χ3n) is 6.33. The maximum absolute atomic E-state index is 13.3. The average Bonchev–Trinajstić information content (AvgIpc) is 3.39. The van der Waals surface area contributed by atoms with Crippen molar-refractivity contribution < 1.29 is 9.53 Å². The van der Waals surface area contributed by atoms with Crippen molar-refractivity contribution in [3.05, 3.63) is 48.8 Å². The molecule has 0 radical (unpaired) electrons. The van der Waals surface area contributed by atoms with E-state index < -0.39 is 0 Å². The van der Waals surface area contributed by atoms with Crippen molar-refractivity contribution in [2.75, 3.05) is 13.2 Å². The number of carbonyl (C=O) groups excluding carboxylic acids is 1. The van der Waals surface area contributed by atoms with Gasteiger partial charge in [0.15, 0.2) is 0 Å². The first kappa shape index (κ1) is 21.5. The molecule has 1 saturated carbocycles. The van der Waals surface area contributed by atoms with Crippen LogP contribution in [0.25, 0.3) is 0 Å². The highest BCUT2D eigenvalue weighted by Gasteiger charge is 2.39. The Bertz CT molecular complexity index is 848. The topological polar surface area (TPSA) is 85.2 Å². The van der Waals surface area contributed by atoms with E-state index in [9.17, 15) is 4.79 Å². The maximum atomic E-state index is 13.3. The summed E-state index contributed by atoms with van der Waals surface area (Å²) in [7, 11) is 0. The molecule has 0 unspecified atom stereocenters. The Balaban J connectivity index is 1.50. The van der Waals surface area contributed by atoms with Gasteiger partial charge in [-0.1, -0.05) is 56.5 Å². The van der Waals surface area contributed by atoms with Gasteiger partial charge in [0.1, 0.15) is 18.7 Å². The molecule has 31 heavy (non-hydrogen) atoms. The van der Waals surface area contributed by atoms with E-state index in [0.717, 1.165) is 24.2 Å². The van der Waals surface area contributed by atoms with Crippen molar-refractivity contribution in [3.8, 4) is 5.75 Å². The van der Waals surface area contributed by atoms with Crippen LogP contribution in [0.1, 0.15) is 56.6 Å². The zero-order valence-corrected chi connectivity index (χ0v) is 18.0. The monoisotopic (exact) mass is 424 g/mol. The van der Waals surface area contributed by atoms with E-state index in [4.69, 9.17) is 4.74 Å². The SMILES string of the molecule is C=CCOc1ccccc1CN1C[C@@H](n2cnnn2)C[C@H]1C(=O)NC1CCCCCC1. The second-order valence-corrected chi connectivity index (χ2v) is 8.53. The summed E-state index contributed by atoms with van der Waals surface area (Å²) in [4.78, 5) is 15.6. The van der Waals surface area contributed by atoms with Crippen LogP contribution < -0.4 is 10.1 Å². The smallest absolute Gasteiger partial charge is 0.237 e. The van der Waals surface area contributed by atoms with Crippen molar-refractivity contribution in [2.24, 2.45) is 0 Å². The van der Waals surface area contributed by atoms with Crippen LogP contribution in [0.4, 0.5) is 0 Å². The number of nitrogens with one attached hydrogen (secondary N) is 1. The minimum Gasteiger partial charge on any atom is -0.489 e. The van der Waals surface area contributed by atoms with Crippen LogP contribution in [0.3, 0.4) is 0 Å². The lowest BCUT2D eigenvalue weighted by atomic mass is 10.1. The van der Waals surface area contributed by atoms with Gasteiger partial charge in [0.2, 0.25) is 5.91 Å². The number of ether oxygens (including phenoxy) is 1. The third-order valence-corrected chi connectivity index (χ3v) is 6.33. The van der Waals surface area contributed by atoms with Gasteiger partial charge in [-0.2, -0.15) is 0 Å². The quantitative estimate of drug-likeness (QED) is 0.518. The van der Waals surface area contributed by atoms with Crippen molar-refractivity contribution in [1.82, 2.24) is 30.4 Å². The predicted octanol–water partition coefficient (Wildman–Crippen LogP) is 2.89. The van der Waals surface area contributed by atoms with Crippen LogP contribution >= 0.6 is 0 Å². The molecule has 2 aromatic rings. The standard InChI is InChI=1S/C23H32N6O2/c1-2-13-31-22-12-8-7-9-18(22)15-28-16-20(29-17-24-26-27-29)14-21(28)23(30)25-19-10-5-3-4-6-11-19/h2,7-9,12,17,19-21H,1,3-6,10-11,13-16H2,(H,25,30)/t20-,21-/m0/s1. The Morgan fingerprint density at radius 1 is 1.23 bits per heavy atom.